The van der Waals surface area contributed by atoms with Crippen LogP contribution in [0, 0.1) is 11.3 Å². The molecule has 272 valence electrons. The summed E-state index contributed by atoms with van der Waals surface area (Å²) in [5.74, 6) is 0.485. The molecule has 0 radical (unpaired) electrons. The highest BCUT2D eigenvalue weighted by Crippen LogP contribution is 2.47. The predicted octanol–water partition coefficient (Wildman–Crippen LogP) is 13.5. The van der Waals surface area contributed by atoms with E-state index in [4.69, 9.17) is 14.4 Å². The van der Waals surface area contributed by atoms with Crippen LogP contribution in [0.3, 0.4) is 0 Å². The van der Waals surface area contributed by atoms with E-state index in [1.54, 1.807) is 0 Å². The number of nitriles is 1. The second kappa shape index (κ2) is 11.9. The summed E-state index contributed by atoms with van der Waals surface area (Å²) in [5.41, 5.74) is 12.3. The summed E-state index contributed by atoms with van der Waals surface area (Å²) >= 11 is 0. The van der Waals surface area contributed by atoms with Crippen molar-refractivity contribution in [3.05, 3.63) is 181 Å². The lowest BCUT2D eigenvalue weighted by molar-refractivity contribution is 0.669. The SMILES string of the molecule is N#Cc1c(-c2ccccc2)nc(-c2ccc(-n3c4ccccc4c4ccc5c(c6cccc7c8ccccc8n5c76)c43)c3c2oc2ccccc23)nc1-c1ccccc1. The van der Waals surface area contributed by atoms with Gasteiger partial charge in [-0.3, -0.25) is 0 Å². The third-order valence-electron chi connectivity index (χ3n) is 12.1. The van der Waals surface area contributed by atoms with Crippen LogP contribution in [-0.4, -0.2) is 18.9 Å². The molecule has 0 aliphatic carbocycles. The van der Waals surface area contributed by atoms with Crippen molar-refractivity contribution in [3.63, 3.8) is 0 Å². The van der Waals surface area contributed by atoms with Crippen LogP contribution in [0.2, 0.25) is 0 Å². The number of aromatic nitrogens is 4. The molecule has 0 saturated heterocycles. The highest BCUT2D eigenvalue weighted by atomic mass is 16.3. The van der Waals surface area contributed by atoms with Gasteiger partial charge in [0.25, 0.3) is 0 Å². The van der Waals surface area contributed by atoms with Gasteiger partial charge in [-0.15, -0.1) is 0 Å². The van der Waals surface area contributed by atoms with Crippen molar-refractivity contribution in [2.75, 3.05) is 0 Å². The number of fused-ring (bicyclic) bond motifs is 13. The average molecular weight is 752 g/mol. The summed E-state index contributed by atoms with van der Waals surface area (Å²) in [7, 11) is 0. The number of benzene rings is 8. The van der Waals surface area contributed by atoms with Gasteiger partial charge in [-0.2, -0.15) is 5.26 Å². The van der Waals surface area contributed by atoms with Crippen LogP contribution in [0.4, 0.5) is 0 Å². The van der Waals surface area contributed by atoms with Crippen LogP contribution in [0.5, 0.6) is 0 Å². The molecule has 8 aromatic carbocycles. The van der Waals surface area contributed by atoms with Gasteiger partial charge in [-0.1, -0.05) is 140 Å². The lowest BCUT2D eigenvalue weighted by atomic mass is 9.99. The van der Waals surface area contributed by atoms with Gasteiger partial charge in [0.1, 0.15) is 22.8 Å². The Hall–Kier alpha value is -8.27. The summed E-state index contributed by atoms with van der Waals surface area (Å²) in [6.07, 6.45) is 0. The van der Waals surface area contributed by atoms with Crippen molar-refractivity contribution >= 4 is 81.8 Å². The number of nitrogens with zero attached hydrogens (tertiary/aromatic N) is 5. The fourth-order valence-electron chi connectivity index (χ4n) is 9.69. The fourth-order valence-corrected chi connectivity index (χ4v) is 9.69. The first-order chi connectivity index (χ1) is 29.3. The molecular formula is C53H29N5O. The summed E-state index contributed by atoms with van der Waals surface area (Å²) in [6, 6.07) is 63.4. The molecule has 0 amide bonds. The van der Waals surface area contributed by atoms with E-state index in [0.717, 1.165) is 49.8 Å². The number of furan rings is 1. The number of hydrogen-bond donors (Lipinski definition) is 0. The van der Waals surface area contributed by atoms with Crippen LogP contribution in [0.25, 0.3) is 121 Å². The minimum absolute atomic E-state index is 0.427. The van der Waals surface area contributed by atoms with Gasteiger partial charge in [0, 0.05) is 48.8 Å². The van der Waals surface area contributed by atoms with E-state index >= 15 is 0 Å². The average Bonchev–Trinajstić information content (AvgIpc) is 4.05. The van der Waals surface area contributed by atoms with Gasteiger partial charge < -0.3 is 13.4 Å². The minimum Gasteiger partial charge on any atom is -0.455 e. The summed E-state index contributed by atoms with van der Waals surface area (Å²) < 4.78 is 11.8. The highest BCUT2D eigenvalue weighted by molar-refractivity contribution is 6.31. The summed E-state index contributed by atoms with van der Waals surface area (Å²) in [6.45, 7) is 0. The molecule has 13 aromatic rings. The van der Waals surface area contributed by atoms with Crippen LogP contribution in [-0.2, 0) is 0 Å². The number of hydrogen-bond acceptors (Lipinski definition) is 4. The van der Waals surface area contributed by atoms with E-state index in [9.17, 15) is 5.26 Å². The number of para-hydroxylation sites is 4. The van der Waals surface area contributed by atoms with Crippen LogP contribution < -0.4 is 0 Å². The molecule has 0 unspecified atom stereocenters. The van der Waals surface area contributed by atoms with E-state index in [-0.39, 0.29) is 0 Å². The normalized spacial score (nSPS) is 12.1. The van der Waals surface area contributed by atoms with Crippen molar-refractivity contribution in [1.82, 2.24) is 18.9 Å². The molecule has 0 bridgehead atoms. The van der Waals surface area contributed by atoms with E-state index in [1.807, 2.05) is 72.8 Å². The van der Waals surface area contributed by atoms with Crippen molar-refractivity contribution in [1.29, 1.82) is 5.26 Å². The van der Waals surface area contributed by atoms with Gasteiger partial charge in [-0.25, -0.2) is 9.97 Å². The zero-order valence-electron chi connectivity index (χ0n) is 31.4. The highest BCUT2D eigenvalue weighted by Gasteiger charge is 2.27. The van der Waals surface area contributed by atoms with E-state index in [0.29, 0.717) is 28.4 Å². The molecular weight excluding hydrogens is 723 g/mol. The molecule has 0 saturated carbocycles. The molecule has 59 heavy (non-hydrogen) atoms. The van der Waals surface area contributed by atoms with E-state index < -0.39 is 0 Å². The maximum Gasteiger partial charge on any atom is 0.164 e. The molecule has 0 N–H and O–H groups in total. The predicted molar refractivity (Wildman–Crippen MR) is 239 cm³/mol. The molecule has 6 heteroatoms. The molecule has 13 rings (SSSR count). The van der Waals surface area contributed by atoms with Gasteiger partial charge >= 0.3 is 0 Å². The molecule has 0 atom stereocenters. The Morgan fingerprint density at radius 2 is 1.05 bits per heavy atom. The maximum atomic E-state index is 10.6. The van der Waals surface area contributed by atoms with Crippen molar-refractivity contribution in [3.8, 4) is 45.7 Å². The third-order valence-corrected chi connectivity index (χ3v) is 12.1. The Morgan fingerprint density at radius 1 is 0.458 bits per heavy atom. The summed E-state index contributed by atoms with van der Waals surface area (Å²) in [4.78, 5) is 10.4. The van der Waals surface area contributed by atoms with Crippen LogP contribution >= 0.6 is 0 Å². The lowest BCUT2D eigenvalue weighted by Crippen LogP contribution is -2.02. The monoisotopic (exact) mass is 751 g/mol. The zero-order chi connectivity index (χ0) is 38.8. The Bertz CT molecular complexity index is 3840. The standard InChI is InChI=1S/C53H29N5O/c54-30-40-48(31-14-3-1-4-15-31)55-53(56-49(40)32-16-5-2-6-17-32)39-27-29-44(47-37-20-9-12-25-45(37)59-52(39)47)58-42-24-11-8-19-34(42)36-26-28-43-46(51(36)58)38-22-13-21-35-33-18-7-10-23-41(33)57(43)50(35)38/h1-29H. The first-order valence-electron chi connectivity index (χ1n) is 19.7. The smallest absolute Gasteiger partial charge is 0.164 e. The van der Waals surface area contributed by atoms with Crippen LogP contribution in [0.1, 0.15) is 5.56 Å². The molecule has 5 aromatic heterocycles. The molecule has 5 heterocycles. The van der Waals surface area contributed by atoms with Gasteiger partial charge in [-0.05, 0) is 36.4 Å². The molecule has 0 fully saturated rings. The Kier molecular flexibility index (Phi) is 6.42. The Labute approximate surface area is 336 Å². The molecule has 0 spiro atoms. The minimum atomic E-state index is 0.427. The van der Waals surface area contributed by atoms with E-state index in [2.05, 4.69) is 118 Å². The van der Waals surface area contributed by atoms with Crippen molar-refractivity contribution in [2.24, 2.45) is 0 Å². The van der Waals surface area contributed by atoms with E-state index in [1.165, 1.54) is 48.9 Å². The van der Waals surface area contributed by atoms with Crippen molar-refractivity contribution in [2.45, 2.75) is 0 Å². The fraction of sp³-hybridized carbons (Fsp3) is 0. The topological polar surface area (TPSA) is 72.0 Å². The van der Waals surface area contributed by atoms with Crippen molar-refractivity contribution < 1.29 is 4.42 Å². The third kappa shape index (κ3) is 4.28. The Morgan fingerprint density at radius 3 is 1.78 bits per heavy atom. The van der Waals surface area contributed by atoms with Gasteiger partial charge in [0.2, 0.25) is 0 Å². The second-order valence-electron chi connectivity index (χ2n) is 15.2. The lowest BCUT2D eigenvalue weighted by Gasteiger charge is -2.14. The zero-order valence-corrected chi connectivity index (χ0v) is 31.4. The van der Waals surface area contributed by atoms with Gasteiger partial charge in [0.05, 0.1) is 55.6 Å². The summed E-state index contributed by atoms with van der Waals surface area (Å²) in [5, 5.41) is 19.9. The van der Waals surface area contributed by atoms with Crippen LogP contribution in [0.15, 0.2) is 180 Å². The quantitative estimate of drug-likeness (QED) is 0.179. The second-order valence-corrected chi connectivity index (χ2v) is 15.2. The first-order valence-corrected chi connectivity index (χ1v) is 19.7. The van der Waals surface area contributed by atoms with Gasteiger partial charge in [0.15, 0.2) is 5.82 Å². The number of rotatable bonds is 4. The Balaban J connectivity index is 1.17. The largest absolute Gasteiger partial charge is 0.455 e. The maximum absolute atomic E-state index is 10.6. The molecule has 6 nitrogen and oxygen atoms in total. The molecule has 0 aliphatic heterocycles. The first kappa shape index (κ1) is 31.9. The molecule has 0 aliphatic rings.